The molecule has 0 atom stereocenters. The molecule has 0 bridgehead atoms. The Kier molecular flexibility index (Phi) is 3.34. The number of ether oxygens (including phenoxy) is 1. The maximum Gasteiger partial charge on any atom is 0.354 e. The van der Waals surface area contributed by atoms with E-state index in [4.69, 9.17) is 4.74 Å². The van der Waals surface area contributed by atoms with Crippen LogP contribution in [0.3, 0.4) is 0 Å². The quantitative estimate of drug-likeness (QED) is 0.786. The SMILES string of the molecule is Cn1nc2c(c1C(=O)O)CCOc1ccc(-c3ccccc3)cc1-2. The number of benzene rings is 2. The summed E-state index contributed by atoms with van der Waals surface area (Å²) in [5, 5.41) is 13.9. The van der Waals surface area contributed by atoms with E-state index < -0.39 is 5.97 Å². The molecule has 2 heterocycles. The lowest BCUT2D eigenvalue weighted by atomic mass is 9.98. The highest BCUT2D eigenvalue weighted by Crippen LogP contribution is 2.38. The molecule has 0 saturated heterocycles. The molecular weight excluding hydrogens is 304 g/mol. The van der Waals surface area contributed by atoms with Gasteiger partial charge in [-0.25, -0.2) is 4.79 Å². The van der Waals surface area contributed by atoms with E-state index in [1.165, 1.54) is 4.68 Å². The Hall–Kier alpha value is -3.08. The third-order valence-corrected chi connectivity index (χ3v) is 4.30. The first-order chi connectivity index (χ1) is 11.6. The van der Waals surface area contributed by atoms with Crippen molar-refractivity contribution in [1.82, 2.24) is 9.78 Å². The van der Waals surface area contributed by atoms with Gasteiger partial charge in [-0.15, -0.1) is 0 Å². The van der Waals surface area contributed by atoms with Crippen LogP contribution >= 0.6 is 0 Å². The fraction of sp³-hybridized carbons (Fsp3) is 0.158. The van der Waals surface area contributed by atoms with Gasteiger partial charge in [0.2, 0.25) is 0 Å². The van der Waals surface area contributed by atoms with Crippen LogP contribution in [0.5, 0.6) is 5.75 Å². The first kappa shape index (κ1) is 14.5. The summed E-state index contributed by atoms with van der Waals surface area (Å²) in [7, 11) is 1.67. The number of hydrogen-bond donors (Lipinski definition) is 1. The Morgan fingerprint density at radius 3 is 2.71 bits per heavy atom. The summed E-state index contributed by atoms with van der Waals surface area (Å²) in [6.07, 6.45) is 0.528. The number of aromatic nitrogens is 2. The number of nitrogens with zero attached hydrogens (tertiary/aromatic N) is 2. The Bertz CT molecular complexity index is 929. The molecule has 120 valence electrons. The van der Waals surface area contributed by atoms with Gasteiger partial charge in [0, 0.05) is 24.6 Å². The van der Waals surface area contributed by atoms with Crippen LogP contribution in [-0.4, -0.2) is 27.5 Å². The predicted octanol–water partition coefficient (Wildman–Crippen LogP) is 3.39. The van der Waals surface area contributed by atoms with Crippen LogP contribution in [0.2, 0.25) is 0 Å². The minimum Gasteiger partial charge on any atom is -0.493 e. The molecule has 0 spiro atoms. The number of aryl methyl sites for hydroxylation is 1. The van der Waals surface area contributed by atoms with Crippen LogP contribution in [0.25, 0.3) is 22.4 Å². The van der Waals surface area contributed by atoms with Crippen molar-refractivity contribution >= 4 is 5.97 Å². The highest BCUT2D eigenvalue weighted by atomic mass is 16.5. The van der Waals surface area contributed by atoms with Crippen LogP contribution in [0.4, 0.5) is 0 Å². The van der Waals surface area contributed by atoms with Crippen molar-refractivity contribution in [3.8, 4) is 28.1 Å². The van der Waals surface area contributed by atoms with Crippen molar-refractivity contribution < 1.29 is 14.6 Å². The fourth-order valence-electron chi connectivity index (χ4n) is 3.20. The number of aromatic carboxylic acids is 1. The second-order valence-corrected chi connectivity index (χ2v) is 5.78. The third-order valence-electron chi connectivity index (χ3n) is 4.30. The van der Waals surface area contributed by atoms with Crippen LogP contribution in [-0.2, 0) is 13.5 Å². The van der Waals surface area contributed by atoms with E-state index in [0.717, 1.165) is 28.0 Å². The second-order valence-electron chi connectivity index (χ2n) is 5.78. The molecule has 0 unspecified atom stereocenters. The molecule has 2 aromatic carbocycles. The van der Waals surface area contributed by atoms with Crippen molar-refractivity contribution in [2.45, 2.75) is 6.42 Å². The molecule has 3 aromatic rings. The summed E-state index contributed by atoms with van der Waals surface area (Å²) in [5.74, 6) is -0.225. The van der Waals surface area contributed by atoms with E-state index in [9.17, 15) is 9.90 Å². The highest BCUT2D eigenvalue weighted by molar-refractivity contribution is 5.91. The normalized spacial score (nSPS) is 12.7. The summed E-state index contributed by atoms with van der Waals surface area (Å²) >= 11 is 0. The van der Waals surface area contributed by atoms with Gasteiger partial charge in [0.15, 0.2) is 0 Å². The van der Waals surface area contributed by atoms with E-state index in [1.54, 1.807) is 7.05 Å². The Labute approximate surface area is 139 Å². The average Bonchev–Trinajstić information content (AvgIpc) is 2.82. The van der Waals surface area contributed by atoms with Gasteiger partial charge in [-0.3, -0.25) is 4.68 Å². The van der Waals surface area contributed by atoms with E-state index in [1.807, 2.05) is 48.5 Å². The Morgan fingerprint density at radius 2 is 1.96 bits per heavy atom. The molecule has 4 rings (SSSR count). The van der Waals surface area contributed by atoms with Gasteiger partial charge < -0.3 is 9.84 Å². The standard InChI is InChI=1S/C19H16N2O3/c1-21-18(19(22)23)14-9-10-24-16-8-7-13(11-15(16)17(14)20-21)12-5-3-2-4-6-12/h2-8,11H,9-10H2,1H3,(H,22,23). The van der Waals surface area contributed by atoms with E-state index in [2.05, 4.69) is 5.10 Å². The smallest absolute Gasteiger partial charge is 0.354 e. The summed E-state index contributed by atoms with van der Waals surface area (Å²) in [6.45, 7) is 0.441. The largest absolute Gasteiger partial charge is 0.493 e. The molecule has 0 aliphatic carbocycles. The molecule has 1 aromatic heterocycles. The first-order valence-electron chi connectivity index (χ1n) is 7.77. The van der Waals surface area contributed by atoms with E-state index >= 15 is 0 Å². The second kappa shape index (κ2) is 5.53. The predicted molar refractivity (Wildman–Crippen MR) is 90.2 cm³/mol. The average molecular weight is 320 g/mol. The summed E-state index contributed by atoms with van der Waals surface area (Å²) < 4.78 is 7.25. The van der Waals surface area contributed by atoms with Crippen molar-refractivity contribution in [3.63, 3.8) is 0 Å². The van der Waals surface area contributed by atoms with Gasteiger partial charge in [0.1, 0.15) is 17.1 Å². The van der Waals surface area contributed by atoms with Crippen molar-refractivity contribution in [2.24, 2.45) is 7.05 Å². The molecule has 1 N–H and O–H groups in total. The maximum atomic E-state index is 11.6. The molecule has 1 aliphatic rings. The Morgan fingerprint density at radius 1 is 1.17 bits per heavy atom. The van der Waals surface area contributed by atoms with Gasteiger partial charge in [-0.2, -0.15) is 5.10 Å². The summed E-state index contributed by atoms with van der Waals surface area (Å²) in [4.78, 5) is 11.6. The van der Waals surface area contributed by atoms with Gasteiger partial charge in [0.25, 0.3) is 0 Å². The highest BCUT2D eigenvalue weighted by Gasteiger charge is 2.26. The van der Waals surface area contributed by atoms with Crippen molar-refractivity contribution in [1.29, 1.82) is 0 Å². The maximum absolute atomic E-state index is 11.6. The zero-order chi connectivity index (χ0) is 16.7. The number of carboxylic acid groups (broad SMARTS) is 1. The fourth-order valence-corrected chi connectivity index (χ4v) is 3.20. The molecule has 0 fully saturated rings. The van der Waals surface area contributed by atoms with Crippen molar-refractivity contribution in [2.75, 3.05) is 6.61 Å². The number of hydrogen-bond acceptors (Lipinski definition) is 3. The molecule has 24 heavy (non-hydrogen) atoms. The molecule has 0 radical (unpaired) electrons. The molecule has 5 heteroatoms. The topological polar surface area (TPSA) is 64.4 Å². The summed E-state index contributed by atoms with van der Waals surface area (Å²) in [6, 6.07) is 16.0. The third kappa shape index (κ3) is 2.25. The van der Waals surface area contributed by atoms with Gasteiger partial charge >= 0.3 is 5.97 Å². The molecule has 0 saturated carbocycles. The Balaban J connectivity index is 1.93. The lowest BCUT2D eigenvalue weighted by Crippen LogP contribution is -2.10. The first-order valence-corrected chi connectivity index (χ1v) is 7.77. The van der Waals surface area contributed by atoms with Crippen LogP contribution in [0.1, 0.15) is 16.1 Å². The van der Waals surface area contributed by atoms with Crippen LogP contribution in [0, 0.1) is 0 Å². The lowest BCUT2D eigenvalue weighted by Gasteiger charge is -2.09. The molecule has 1 aliphatic heterocycles. The number of rotatable bonds is 2. The lowest BCUT2D eigenvalue weighted by molar-refractivity contribution is 0.0683. The minimum absolute atomic E-state index is 0.228. The zero-order valence-corrected chi connectivity index (χ0v) is 13.2. The van der Waals surface area contributed by atoms with Crippen molar-refractivity contribution in [3.05, 3.63) is 59.8 Å². The van der Waals surface area contributed by atoms with Crippen LogP contribution in [0.15, 0.2) is 48.5 Å². The number of carboxylic acids is 1. The zero-order valence-electron chi connectivity index (χ0n) is 13.2. The van der Waals surface area contributed by atoms with Crippen LogP contribution < -0.4 is 4.74 Å². The van der Waals surface area contributed by atoms with Gasteiger partial charge in [0.05, 0.1) is 6.61 Å². The summed E-state index contributed by atoms with van der Waals surface area (Å²) in [5.41, 5.74) is 4.64. The van der Waals surface area contributed by atoms with E-state index in [-0.39, 0.29) is 5.69 Å². The molecular formula is C19H16N2O3. The van der Waals surface area contributed by atoms with Gasteiger partial charge in [-0.1, -0.05) is 36.4 Å². The van der Waals surface area contributed by atoms with E-state index in [0.29, 0.717) is 18.7 Å². The molecule has 0 amide bonds. The molecule has 5 nitrogen and oxygen atoms in total. The minimum atomic E-state index is -0.964. The van der Waals surface area contributed by atoms with Gasteiger partial charge in [-0.05, 0) is 23.3 Å². The monoisotopic (exact) mass is 320 g/mol. The number of fused-ring (bicyclic) bond motifs is 3. The number of carbonyl (C=O) groups is 1.